The van der Waals surface area contributed by atoms with E-state index < -0.39 is 22.2 Å². The summed E-state index contributed by atoms with van der Waals surface area (Å²) in [5, 5.41) is 18.7. The van der Waals surface area contributed by atoms with Gasteiger partial charge in [-0.15, -0.1) is 0 Å². The summed E-state index contributed by atoms with van der Waals surface area (Å²) in [4.78, 5) is 4.06. The van der Waals surface area contributed by atoms with Crippen LogP contribution in [0.5, 0.6) is 0 Å². The van der Waals surface area contributed by atoms with E-state index in [0.29, 0.717) is 12.1 Å². The third-order valence-corrected chi connectivity index (χ3v) is 4.77. The van der Waals surface area contributed by atoms with E-state index in [9.17, 15) is 18.6 Å². The van der Waals surface area contributed by atoms with Crippen LogP contribution in [0.2, 0.25) is 0 Å². The van der Waals surface area contributed by atoms with Crippen LogP contribution in [0.15, 0.2) is 24.4 Å². The topological polar surface area (TPSA) is 90.7 Å². The number of aromatic nitrogens is 1. The average Bonchev–Trinajstić information content (AvgIpc) is 2.70. The van der Waals surface area contributed by atoms with Gasteiger partial charge < -0.3 is 10.2 Å². The number of pyridine rings is 1. The molecule has 1 aromatic heterocycles. The van der Waals surface area contributed by atoms with Gasteiger partial charge in [0.05, 0.1) is 18.0 Å². The third kappa shape index (κ3) is 3.05. The van der Waals surface area contributed by atoms with Crippen molar-refractivity contribution >= 4 is 10.0 Å². The number of β-amino-alcohol motifs (C(OH)–C–C–N with tert-alkyl or cyclic N) is 2. The van der Waals surface area contributed by atoms with Crippen LogP contribution in [0.1, 0.15) is 5.69 Å². The molecule has 1 aromatic rings. The second kappa shape index (κ2) is 5.31. The van der Waals surface area contributed by atoms with Gasteiger partial charge in [0.1, 0.15) is 0 Å². The first-order valence-corrected chi connectivity index (χ1v) is 7.34. The van der Waals surface area contributed by atoms with Gasteiger partial charge in [-0.25, -0.2) is 8.42 Å². The SMILES string of the molecule is O=S(=O)(CCc1ccccn1)N1C[C@@H](O)[C@@H](O)C1. The maximum Gasteiger partial charge on any atom is 0.214 e. The number of aliphatic hydroxyl groups is 2. The monoisotopic (exact) mass is 272 g/mol. The molecule has 0 aliphatic carbocycles. The first-order valence-electron chi connectivity index (χ1n) is 5.73. The summed E-state index contributed by atoms with van der Waals surface area (Å²) in [6, 6.07) is 5.34. The fourth-order valence-corrected chi connectivity index (χ4v) is 3.36. The number of rotatable bonds is 4. The molecule has 0 spiro atoms. The molecule has 0 aromatic carbocycles. The van der Waals surface area contributed by atoms with Crippen molar-refractivity contribution in [3.8, 4) is 0 Å². The maximum absolute atomic E-state index is 12.0. The molecular formula is C11H16N2O4S. The smallest absolute Gasteiger partial charge is 0.214 e. The Morgan fingerprint density at radius 3 is 2.50 bits per heavy atom. The molecule has 6 nitrogen and oxygen atoms in total. The van der Waals surface area contributed by atoms with Crippen LogP contribution in [0.25, 0.3) is 0 Å². The van der Waals surface area contributed by atoms with Crippen LogP contribution in [0.3, 0.4) is 0 Å². The predicted molar refractivity (Wildman–Crippen MR) is 65.3 cm³/mol. The van der Waals surface area contributed by atoms with Crippen LogP contribution in [-0.4, -0.2) is 59.0 Å². The van der Waals surface area contributed by atoms with E-state index in [2.05, 4.69) is 4.98 Å². The second-order valence-electron chi connectivity index (χ2n) is 4.34. The maximum atomic E-state index is 12.0. The molecule has 1 saturated heterocycles. The molecule has 1 aliphatic rings. The highest BCUT2D eigenvalue weighted by Crippen LogP contribution is 2.15. The van der Waals surface area contributed by atoms with Gasteiger partial charge in [-0.1, -0.05) is 6.07 Å². The molecule has 100 valence electrons. The molecule has 0 bridgehead atoms. The molecule has 1 aliphatic heterocycles. The minimum absolute atomic E-state index is 0.0360. The Hall–Kier alpha value is -1.02. The van der Waals surface area contributed by atoms with E-state index >= 15 is 0 Å². The van der Waals surface area contributed by atoms with Gasteiger partial charge >= 0.3 is 0 Å². The van der Waals surface area contributed by atoms with E-state index in [0.717, 1.165) is 4.31 Å². The van der Waals surface area contributed by atoms with Crippen LogP contribution in [-0.2, 0) is 16.4 Å². The summed E-state index contributed by atoms with van der Waals surface area (Å²) < 4.78 is 25.1. The molecule has 2 atom stereocenters. The van der Waals surface area contributed by atoms with Gasteiger partial charge in [-0.2, -0.15) is 4.31 Å². The fraction of sp³-hybridized carbons (Fsp3) is 0.545. The summed E-state index contributed by atoms with van der Waals surface area (Å²) in [7, 11) is -3.45. The van der Waals surface area contributed by atoms with Crippen molar-refractivity contribution in [1.29, 1.82) is 0 Å². The largest absolute Gasteiger partial charge is 0.389 e. The van der Waals surface area contributed by atoms with Crippen molar-refractivity contribution < 1.29 is 18.6 Å². The minimum Gasteiger partial charge on any atom is -0.389 e. The Labute approximate surface area is 106 Å². The first kappa shape index (κ1) is 13.4. The summed E-state index contributed by atoms with van der Waals surface area (Å²) in [5.74, 6) is -0.0660. The Morgan fingerprint density at radius 2 is 1.94 bits per heavy atom. The lowest BCUT2D eigenvalue weighted by molar-refractivity contribution is 0.0572. The van der Waals surface area contributed by atoms with Crippen LogP contribution in [0.4, 0.5) is 0 Å². The van der Waals surface area contributed by atoms with Crippen molar-refractivity contribution in [3.05, 3.63) is 30.1 Å². The average molecular weight is 272 g/mol. The number of aryl methyl sites for hydroxylation is 1. The summed E-state index contributed by atoms with van der Waals surface area (Å²) >= 11 is 0. The first-order chi connectivity index (χ1) is 8.49. The molecule has 0 unspecified atom stereocenters. The van der Waals surface area contributed by atoms with Gasteiger partial charge in [0.2, 0.25) is 10.0 Å². The highest BCUT2D eigenvalue weighted by molar-refractivity contribution is 7.89. The molecule has 2 rings (SSSR count). The molecule has 0 saturated carbocycles. The third-order valence-electron chi connectivity index (χ3n) is 2.96. The fourth-order valence-electron chi connectivity index (χ4n) is 1.87. The molecule has 1 fully saturated rings. The normalized spacial score (nSPS) is 25.4. The Morgan fingerprint density at radius 1 is 1.28 bits per heavy atom. The standard InChI is InChI=1S/C11H16N2O4S/c14-10-7-13(8-11(10)15)18(16,17)6-4-9-3-1-2-5-12-9/h1-3,5,10-11,14-15H,4,6-8H2/t10-,11+. The number of nitrogens with zero attached hydrogens (tertiary/aromatic N) is 2. The predicted octanol–water partition coefficient (Wildman–Crippen LogP) is -1.01. The molecule has 0 radical (unpaired) electrons. The number of sulfonamides is 1. The zero-order valence-corrected chi connectivity index (χ0v) is 10.6. The molecule has 0 amide bonds. The number of aliphatic hydroxyl groups excluding tert-OH is 2. The Bertz CT molecular complexity index is 481. The van der Waals surface area contributed by atoms with Gasteiger partial charge in [-0.3, -0.25) is 4.98 Å². The van der Waals surface area contributed by atoms with Crippen molar-refractivity contribution in [3.63, 3.8) is 0 Å². The summed E-state index contributed by atoms with van der Waals surface area (Å²) in [6.45, 7) is -0.0720. The lowest BCUT2D eigenvalue weighted by Crippen LogP contribution is -2.32. The Balaban J connectivity index is 1.96. The van der Waals surface area contributed by atoms with Gasteiger partial charge in [0.15, 0.2) is 0 Å². The van der Waals surface area contributed by atoms with Crippen molar-refractivity contribution in [2.45, 2.75) is 18.6 Å². The van der Waals surface area contributed by atoms with E-state index in [4.69, 9.17) is 0 Å². The second-order valence-corrected chi connectivity index (χ2v) is 6.43. The number of hydrogen-bond donors (Lipinski definition) is 2. The Kier molecular flexibility index (Phi) is 3.96. The lowest BCUT2D eigenvalue weighted by atomic mass is 10.3. The quantitative estimate of drug-likeness (QED) is 0.733. The lowest BCUT2D eigenvalue weighted by Gasteiger charge is -2.15. The highest BCUT2D eigenvalue weighted by atomic mass is 32.2. The zero-order chi connectivity index (χ0) is 13.2. The van der Waals surface area contributed by atoms with Gasteiger partial charge in [0, 0.05) is 31.4 Å². The van der Waals surface area contributed by atoms with E-state index in [-0.39, 0.29) is 18.8 Å². The van der Waals surface area contributed by atoms with E-state index in [1.54, 1.807) is 24.4 Å². The minimum atomic E-state index is -3.45. The van der Waals surface area contributed by atoms with Gasteiger partial charge in [-0.05, 0) is 12.1 Å². The molecular weight excluding hydrogens is 256 g/mol. The molecule has 2 N–H and O–H groups in total. The van der Waals surface area contributed by atoms with E-state index in [1.165, 1.54) is 0 Å². The van der Waals surface area contributed by atoms with Crippen molar-refractivity contribution in [1.82, 2.24) is 9.29 Å². The highest BCUT2D eigenvalue weighted by Gasteiger charge is 2.36. The van der Waals surface area contributed by atoms with Crippen LogP contribution < -0.4 is 0 Å². The molecule has 18 heavy (non-hydrogen) atoms. The summed E-state index contributed by atoms with van der Waals surface area (Å²) in [5.41, 5.74) is 0.710. The van der Waals surface area contributed by atoms with Crippen molar-refractivity contribution in [2.24, 2.45) is 0 Å². The zero-order valence-electron chi connectivity index (χ0n) is 9.81. The molecule has 7 heteroatoms. The van der Waals surface area contributed by atoms with Crippen LogP contribution >= 0.6 is 0 Å². The summed E-state index contributed by atoms with van der Waals surface area (Å²) in [6.07, 6.45) is -0.0405. The molecule has 2 heterocycles. The van der Waals surface area contributed by atoms with E-state index in [1.807, 2.05) is 0 Å². The van der Waals surface area contributed by atoms with Gasteiger partial charge in [0.25, 0.3) is 0 Å². The number of hydrogen-bond acceptors (Lipinski definition) is 5. The van der Waals surface area contributed by atoms with Crippen molar-refractivity contribution in [2.75, 3.05) is 18.8 Å². The van der Waals surface area contributed by atoms with Crippen LogP contribution in [0, 0.1) is 0 Å².